The van der Waals surface area contributed by atoms with E-state index < -0.39 is 5.82 Å². The van der Waals surface area contributed by atoms with E-state index in [0.29, 0.717) is 16.8 Å². The number of rotatable bonds is 2. The molecular weight excluding hydrogens is 271 g/mol. The summed E-state index contributed by atoms with van der Waals surface area (Å²) in [5, 5.41) is 6.64. The molecule has 1 aliphatic carbocycles. The fourth-order valence-corrected chi connectivity index (χ4v) is 2.64. The maximum absolute atomic E-state index is 13.7. The van der Waals surface area contributed by atoms with Crippen molar-refractivity contribution in [1.82, 2.24) is 5.32 Å². The lowest BCUT2D eigenvalue weighted by Crippen LogP contribution is -2.39. The minimum atomic E-state index is -0.466. The van der Waals surface area contributed by atoms with E-state index >= 15 is 0 Å². The summed E-state index contributed by atoms with van der Waals surface area (Å²) in [5.74, 6) is -0.466. The molecule has 0 aliphatic heterocycles. The maximum atomic E-state index is 13.7. The first-order valence-electron chi connectivity index (χ1n) is 6.18. The van der Waals surface area contributed by atoms with Gasteiger partial charge in [0.15, 0.2) is 10.9 Å². The molecule has 1 aromatic carbocycles. The van der Waals surface area contributed by atoms with Gasteiger partial charge < -0.3 is 10.6 Å². The molecule has 0 radical (unpaired) electrons. The van der Waals surface area contributed by atoms with E-state index in [-0.39, 0.29) is 5.02 Å². The summed E-state index contributed by atoms with van der Waals surface area (Å²) in [7, 11) is 0. The van der Waals surface area contributed by atoms with E-state index in [9.17, 15) is 4.39 Å². The van der Waals surface area contributed by atoms with Crippen LogP contribution in [-0.2, 0) is 0 Å². The second kappa shape index (κ2) is 6.34. The van der Waals surface area contributed by atoms with Gasteiger partial charge in [-0.1, -0.05) is 36.9 Å². The topological polar surface area (TPSA) is 24.1 Å². The van der Waals surface area contributed by atoms with Crippen LogP contribution in [-0.4, -0.2) is 11.2 Å². The Morgan fingerprint density at radius 3 is 2.72 bits per heavy atom. The predicted molar refractivity (Wildman–Crippen MR) is 77.6 cm³/mol. The number of anilines is 1. The van der Waals surface area contributed by atoms with Crippen molar-refractivity contribution < 1.29 is 4.39 Å². The summed E-state index contributed by atoms with van der Waals surface area (Å²) < 4.78 is 13.7. The first-order chi connectivity index (χ1) is 8.66. The van der Waals surface area contributed by atoms with E-state index in [2.05, 4.69) is 10.6 Å². The number of hydrogen-bond acceptors (Lipinski definition) is 1. The van der Waals surface area contributed by atoms with Gasteiger partial charge in [-0.25, -0.2) is 4.39 Å². The van der Waals surface area contributed by atoms with Crippen LogP contribution in [0.5, 0.6) is 0 Å². The van der Waals surface area contributed by atoms with Crippen LogP contribution in [0.2, 0.25) is 5.02 Å². The van der Waals surface area contributed by atoms with Gasteiger partial charge in [-0.2, -0.15) is 0 Å². The van der Waals surface area contributed by atoms with Gasteiger partial charge in [0, 0.05) is 6.04 Å². The molecule has 2 rings (SSSR count). The Morgan fingerprint density at radius 1 is 1.28 bits per heavy atom. The molecule has 1 saturated carbocycles. The Bertz CT molecular complexity index is 433. The number of halogens is 2. The molecule has 98 valence electrons. The number of hydrogen-bond donors (Lipinski definition) is 2. The van der Waals surface area contributed by atoms with Crippen LogP contribution in [0.1, 0.15) is 32.1 Å². The minimum Gasteiger partial charge on any atom is -0.360 e. The Hall–Kier alpha value is -0.870. The molecule has 0 atom stereocenters. The van der Waals surface area contributed by atoms with Crippen molar-refractivity contribution in [2.75, 3.05) is 5.32 Å². The van der Waals surface area contributed by atoms with Gasteiger partial charge >= 0.3 is 0 Å². The summed E-state index contributed by atoms with van der Waals surface area (Å²) in [4.78, 5) is 0. The van der Waals surface area contributed by atoms with Crippen LogP contribution in [0.3, 0.4) is 0 Å². The quantitative estimate of drug-likeness (QED) is 0.801. The second-order valence-corrected chi connectivity index (χ2v) is 5.35. The van der Waals surface area contributed by atoms with E-state index in [1.54, 1.807) is 12.1 Å². The third kappa shape index (κ3) is 3.56. The monoisotopic (exact) mass is 286 g/mol. The average Bonchev–Trinajstić information content (AvgIpc) is 2.36. The van der Waals surface area contributed by atoms with Gasteiger partial charge in [0.2, 0.25) is 0 Å². The number of thiocarbonyl (C=S) groups is 1. The largest absolute Gasteiger partial charge is 0.360 e. The third-order valence-electron chi connectivity index (χ3n) is 3.14. The molecule has 0 heterocycles. The highest BCUT2D eigenvalue weighted by Gasteiger charge is 2.15. The zero-order valence-electron chi connectivity index (χ0n) is 10.0. The standard InChI is InChI=1S/C13H16ClFN2S/c14-10-7-4-8-11(12(10)15)17-13(18)16-9-5-2-1-3-6-9/h4,7-9H,1-3,5-6H2,(H2,16,17,18). The molecular formula is C13H16ClFN2S. The van der Waals surface area contributed by atoms with Gasteiger partial charge in [-0.3, -0.25) is 0 Å². The summed E-state index contributed by atoms with van der Waals surface area (Å²) in [6, 6.07) is 5.23. The smallest absolute Gasteiger partial charge is 0.171 e. The third-order valence-corrected chi connectivity index (χ3v) is 3.65. The van der Waals surface area contributed by atoms with Crippen molar-refractivity contribution in [1.29, 1.82) is 0 Å². The maximum Gasteiger partial charge on any atom is 0.171 e. The van der Waals surface area contributed by atoms with Crippen LogP contribution in [0.25, 0.3) is 0 Å². The van der Waals surface area contributed by atoms with Gasteiger partial charge in [0.1, 0.15) is 0 Å². The van der Waals surface area contributed by atoms with E-state index in [4.69, 9.17) is 23.8 Å². The molecule has 1 aromatic rings. The van der Waals surface area contributed by atoms with Crippen LogP contribution in [0.15, 0.2) is 18.2 Å². The average molecular weight is 287 g/mol. The van der Waals surface area contributed by atoms with Crippen molar-refractivity contribution >= 4 is 34.6 Å². The van der Waals surface area contributed by atoms with E-state index in [1.807, 2.05) is 0 Å². The Labute approximate surface area is 117 Å². The molecule has 5 heteroatoms. The molecule has 1 fully saturated rings. The lowest BCUT2D eigenvalue weighted by molar-refractivity contribution is 0.414. The summed E-state index contributed by atoms with van der Waals surface area (Å²) in [6.07, 6.45) is 6.00. The van der Waals surface area contributed by atoms with Crippen LogP contribution in [0, 0.1) is 5.82 Å². The molecule has 1 aliphatic rings. The fraction of sp³-hybridized carbons (Fsp3) is 0.462. The summed E-state index contributed by atoms with van der Waals surface area (Å²) >= 11 is 10.9. The van der Waals surface area contributed by atoms with Gasteiger partial charge in [0.05, 0.1) is 10.7 Å². The second-order valence-electron chi connectivity index (χ2n) is 4.53. The molecule has 0 aromatic heterocycles. The Morgan fingerprint density at radius 2 is 2.00 bits per heavy atom. The molecule has 0 amide bonds. The zero-order chi connectivity index (χ0) is 13.0. The molecule has 0 unspecified atom stereocenters. The molecule has 0 spiro atoms. The molecule has 0 saturated heterocycles. The minimum absolute atomic E-state index is 0.0977. The lowest BCUT2D eigenvalue weighted by Gasteiger charge is -2.24. The van der Waals surface area contributed by atoms with Gasteiger partial charge in [0.25, 0.3) is 0 Å². The van der Waals surface area contributed by atoms with Crippen molar-refractivity contribution in [3.8, 4) is 0 Å². The summed E-state index contributed by atoms with van der Waals surface area (Å²) in [6.45, 7) is 0. The fourth-order valence-electron chi connectivity index (χ4n) is 2.19. The van der Waals surface area contributed by atoms with Crippen molar-refractivity contribution in [2.24, 2.45) is 0 Å². The highest BCUT2D eigenvalue weighted by molar-refractivity contribution is 7.80. The van der Waals surface area contributed by atoms with Crippen molar-refractivity contribution in [2.45, 2.75) is 38.1 Å². The highest BCUT2D eigenvalue weighted by Crippen LogP contribution is 2.22. The van der Waals surface area contributed by atoms with Crippen molar-refractivity contribution in [3.05, 3.63) is 29.0 Å². The van der Waals surface area contributed by atoms with Crippen LogP contribution in [0.4, 0.5) is 10.1 Å². The normalized spacial score (nSPS) is 16.3. The molecule has 18 heavy (non-hydrogen) atoms. The lowest BCUT2D eigenvalue weighted by atomic mass is 9.96. The zero-order valence-corrected chi connectivity index (χ0v) is 11.6. The number of nitrogens with one attached hydrogen (secondary N) is 2. The SMILES string of the molecule is Fc1c(Cl)cccc1NC(=S)NC1CCCCC1. The van der Waals surface area contributed by atoms with Gasteiger partial charge in [-0.05, 0) is 37.2 Å². The van der Waals surface area contributed by atoms with Crippen LogP contribution < -0.4 is 10.6 Å². The van der Waals surface area contributed by atoms with E-state index in [0.717, 1.165) is 12.8 Å². The first-order valence-corrected chi connectivity index (χ1v) is 6.97. The van der Waals surface area contributed by atoms with Crippen molar-refractivity contribution in [3.63, 3.8) is 0 Å². The first kappa shape index (κ1) is 13.6. The highest BCUT2D eigenvalue weighted by atomic mass is 35.5. The predicted octanol–water partition coefficient (Wildman–Crippen LogP) is 4.10. The molecule has 2 N–H and O–H groups in total. The van der Waals surface area contributed by atoms with Gasteiger partial charge in [-0.15, -0.1) is 0 Å². The Balaban J connectivity index is 1.92. The van der Waals surface area contributed by atoms with Crippen LogP contribution >= 0.6 is 23.8 Å². The van der Waals surface area contributed by atoms with E-state index in [1.165, 1.54) is 25.3 Å². The Kier molecular flexibility index (Phi) is 4.78. The number of benzene rings is 1. The molecule has 2 nitrogen and oxygen atoms in total. The summed E-state index contributed by atoms with van der Waals surface area (Å²) in [5.41, 5.74) is 0.316. The molecule has 0 bridgehead atoms.